The Morgan fingerprint density at radius 2 is 2.06 bits per heavy atom. The highest BCUT2D eigenvalue weighted by atomic mass is 19.1. The van der Waals surface area contributed by atoms with E-state index >= 15 is 0 Å². The van der Waals surface area contributed by atoms with Crippen LogP contribution in [0.25, 0.3) is 0 Å². The molecule has 0 aromatic heterocycles. The van der Waals surface area contributed by atoms with Crippen molar-refractivity contribution < 1.29 is 14.1 Å². The summed E-state index contributed by atoms with van der Waals surface area (Å²) in [6.07, 6.45) is 0. The first-order valence-corrected chi connectivity index (χ1v) is 4.39. The lowest BCUT2D eigenvalue weighted by Crippen LogP contribution is -2.19. The number of carbonyl (C=O) groups is 1. The van der Waals surface area contributed by atoms with Gasteiger partial charge >= 0.3 is 0 Å². The third-order valence-corrected chi connectivity index (χ3v) is 2.02. The average molecular weight is 227 g/mol. The molecule has 1 aromatic rings. The number of nitro benzene ring substituents is 1. The largest absolute Gasteiger partial charge is 0.386 e. The first-order chi connectivity index (χ1) is 7.51. The molecule has 0 spiro atoms. The molecule has 86 valence electrons. The molecule has 0 heterocycles. The predicted molar refractivity (Wildman–Crippen MR) is 56.0 cm³/mol. The molecule has 1 aromatic carbocycles. The first kappa shape index (κ1) is 11.9. The molecule has 0 atom stereocenters. The lowest BCUT2D eigenvalue weighted by Gasteiger charge is -2.06. The lowest BCUT2D eigenvalue weighted by atomic mass is 10.1. The van der Waals surface area contributed by atoms with Crippen molar-refractivity contribution in [3.63, 3.8) is 0 Å². The number of nitro groups is 1. The molecule has 1 amide bonds. The molecular weight excluding hydrogens is 217 g/mol. The van der Waals surface area contributed by atoms with Gasteiger partial charge in [0.1, 0.15) is 5.56 Å². The molecular formula is C9H10FN3O3. The van der Waals surface area contributed by atoms with Crippen LogP contribution in [0.5, 0.6) is 0 Å². The summed E-state index contributed by atoms with van der Waals surface area (Å²) in [5.41, 5.74) is -0.710. The van der Waals surface area contributed by atoms with Gasteiger partial charge < -0.3 is 10.6 Å². The molecule has 0 saturated carbocycles. The Morgan fingerprint density at radius 1 is 1.44 bits per heavy atom. The van der Waals surface area contributed by atoms with Gasteiger partial charge in [-0.25, -0.2) is 4.39 Å². The Kier molecular flexibility index (Phi) is 3.39. The molecule has 0 fully saturated rings. The molecule has 16 heavy (non-hydrogen) atoms. The van der Waals surface area contributed by atoms with E-state index in [1.807, 2.05) is 0 Å². The fourth-order valence-electron chi connectivity index (χ4n) is 1.22. The van der Waals surface area contributed by atoms with Crippen molar-refractivity contribution in [1.82, 2.24) is 5.32 Å². The van der Waals surface area contributed by atoms with Crippen molar-refractivity contribution in [2.75, 3.05) is 19.4 Å². The Bertz CT molecular complexity index is 448. The minimum atomic E-state index is -0.799. The van der Waals surface area contributed by atoms with Crippen LogP contribution in [0.15, 0.2) is 12.1 Å². The highest BCUT2D eigenvalue weighted by Crippen LogP contribution is 2.25. The second-order valence-corrected chi connectivity index (χ2v) is 2.94. The number of rotatable bonds is 3. The zero-order valence-electron chi connectivity index (χ0n) is 8.70. The second-order valence-electron chi connectivity index (χ2n) is 2.94. The monoisotopic (exact) mass is 227 g/mol. The third-order valence-electron chi connectivity index (χ3n) is 2.02. The molecule has 0 bridgehead atoms. The van der Waals surface area contributed by atoms with Gasteiger partial charge in [0.2, 0.25) is 0 Å². The SMILES string of the molecule is CNC(=O)c1cc(NC)c(F)cc1[N+](=O)[O-]. The van der Waals surface area contributed by atoms with Gasteiger partial charge in [0.25, 0.3) is 11.6 Å². The smallest absolute Gasteiger partial charge is 0.285 e. The van der Waals surface area contributed by atoms with Crippen LogP contribution < -0.4 is 10.6 Å². The number of carbonyl (C=O) groups excluding carboxylic acids is 1. The van der Waals surface area contributed by atoms with Gasteiger partial charge in [0, 0.05) is 14.1 Å². The molecule has 0 aliphatic carbocycles. The summed E-state index contributed by atoms with van der Waals surface area (Å²) in [7, 11) is 2.80. The molecule has 0 aliphatic rings. The van der Waals surface area contributed by atoms with Crippen molar-refractivity contribution in [2.24, 2.45) is 0 Å². The van der Waals surface area contributed by atoms with Crippen LogP contribution in [-0.4, -0.2) is 24.9 Å². The quantitative estimate of drug-likeness (QED) is 0.599. The van der Waals surface area contributed by atoms with E-state index in [0.717, 1.165) is 12.1 Å². The van der Waals surface area contributed by atoms with Crippen molar-refractivity contribution in [1.29, 1.82) is 0 Å². The van der Waals surface area contributed by atoms with Crippen molar-refractivity contribution in [3.8, 4) is 0 Å². The van der Waals surface area contributed by atoms with E-state index in [9.17, 15) is 19.3 Å². The van der Waals surface area contributed by atoms with Gasteiger partial charge in [-0.1, -0.05) is 0 Å². The van der Waals surface area contributed by atoms with Crippen LogP contribution in [-0.2, 0) is 0 Å². The summed E-state index contributed by atoms with van der Waals surface area (Å²) in [5, 5.41) is 15.4. The fraction of sp³-hybridized carbons (Fsp3) is 0.222. The van der Waals surface area contributed by atoms with Crippen LogP contribution in [0, 0.1) is 15.9 Å². The summed E-state index contributed by atoms with van der Waals surface area (Å²) in [6, 6.07) is 1.82. The maximum atomic E-state index is 13.3. The third kappa shape index (κ3) is 2.08. The summed E-state index contributed by atoms with van der Waals surface area (Å²) in [5.74, 6) is -1.41. The molecule has 0 radical (unpaired) electrons. The Labute approximate surface area is 90.6 Å². The zero-order chi connectivity index (χ0) is 12.3. The van der Waals surface area contributed by atoms with Crippen LogP contribution in [0.1, 0.15) is 10.4 Å². The van der Waals surface area contributed by atoms with Gasteiger partial charge in [0.15, 0.2) is 5.82 Å². The summed E-state index contributed by atoms with van der Waals surface area (Å²) >= 11 is 0. The molecule has 0 unspecified atom stereocenters. The van der Waals surface area contributed by atoms with Gasteiger partial charge in [-0.15, -0.1) is 0 Å². The van der Waals surface area contributed by atoms with Crippen molar-refractivity contribution >= 4 is 17.3 Å². The van der Waals surface area contributed by atoms with Crippen molar-refractivity contribution in [3.05, 3.63) is 33.6 Å². The highest BCUT2D eigenvalue weighted by Gasteiger charge is 2.22. The maximum absolute atomic E-state index is 13.3. The normalized spacial score (nSPS) is 9.69. The standard InChI is InChI=1S/C9H10FN3O3/c1-11-7-3-5(9(14)12-2)8(13(15)16)4-6(7)10/h3-4,11H,1-2H3,(H,12,14). The molecule has 2 N–H and O–H groups in total. The van der Waals surface area contributed by atoms with E-state index in [-0.39, 0.29) is 11.3 Å². The van der Waals surface area contributed by atoms with Gasteiger partial charge in [0.05, 0.1) is 16.7 Å². The molecule has 7 heteroatoms. The van der Waals surface area contributed by atoms with Crippen LogP contribution in [0.3, 0.4) is 0 Å². The average Bonchev–Trinajstić information content (AvgIpc) is 2.27. The van der Waals surface area contributed by atoms with Crippen LogP contribution in [0.4, 0.5) is 15.8 Å². The number of hydrogen-bond acceptors (Lipinski definition) is 4. The van der Waals surface area contributed by atoms with E-state index in [4.69, 9.17) is 0 Å². The summed E-state index contributed by atoms with van der Waals surface area (Å²) in [6.45, 7) is 0. The maximum Gasteiger partial charge on any atom is 0.285 e. The van der Waals surface area contributed by atoms with Gasteiger partial charge in [-0.2, -0.15) is 0 Å². The lowest BCUT2D eigenvalue weighted by molar-refractivity contribution is -0.385. The Hall–Kier alpha value is -2.18. The topological polar surface area (TPSA) is 84.3 Å². The molecule has 0 saturated heterocycles. The van der Waals surface area contributed by atoms with E-state index in [0.29, 0.717) is 0 Å². The Balaban J connectivity index is 3.42. The van der Waals surface area contributed by atoms with Crippen molar-refractivity contribution in [2.45, 2.75) is 0 Å². The molecule has 1 rings (SSSR count). The minimum absolute atomic E-state index is 0.0317. The number of amides is 1. The van der Waals surface area contributed by atoms with Gasteiger partial charge in [-0.3, -0.25) is 14.9 Å². The van der Waals surface area contributed by atoms with E-state index in [1.54, 1.807) is 0 Å². The second kappa shape index (κ2) is 4.56. The minimum Gasteiger partial charge on any atom is -0.386 e. The van der Waals surface area contributed by atoms with E-state index in [2.05, 4.69) is 10.6 Å². The number of nitrogens with one attached hydrogen (secondary N) is 2. The van der Waals surface area contributed by atoms with Gasteiger partial charge in [-0.05, 0) is 6.07 Å². The Morgan fingerprint density at radius 3 is 2.50 bits per heavy atom. The van der Waals surface area contributed by atoms with E-state index in [1.165, 1.54) is 14.1 Å². The highest BCUT2D eigenvalue weighted by molar-refractivity contribution is 5.99. The summed E-state index contributed by atoms with van der Waals surface area (Å²) in [4.78, 5) is 21.2. The number of anilines is 1. The molecule has 0 aliphatic heterocycles. The number of hydrogen-bond donors (Lipinski definition) is 2. The fourth-order valence-corrected chi connectivity index (χ4v) is 1.22. The van der Waals surface area contributed by atoms with E-state index < -0.39 is 22.3 Å². The number of benzene rings is 1. The first-order valence-electron chi connectivity index (χ1n) is 4.39. The number of nitrogens with zero attached hydrogens (tertiary/aromatic N) is 1. The zero-order valence-corrected chi connectivity index (χ0v) is 8.70. The van der Waals surface area contributed by atoms with Crippen LogP contribution in [0.2, 0.25) is 0 Å². The predicted octanol–water partition coefficient (Wildman–Crippen LogP) is 1.14. The molecule has 6 nitrogen and oxygen atoms in total. The summed E-state index contributed by atoms with van der Waals surface area (Å²) < 4.78 is 13.3. The van der Waals surface area contributed by atoms with Crippen LogP contribution >= 0.6 is 0 Å². The number of halogens is 1.